The van der Waals surface area contributed by atoms with Gasteiger partial charge in [-0.2, -0.15) is 0 Å². The largest absolute Gasteiger partial charge is 0.375 e. The summed E-state index contributed by atoms with van der Waals surface area (Å²) in [7, 11) is 0. The Morgan fingerprint density at radius 2 is 2.11 bits per heavy atom. The summed E-state index contributed by atoms with van der Waals surface area (Å²) in [5.74, 6) is 0.591. The molecule has 100 valence electrons. The van der Waals surface area contributed by atoms with E-state index in [-0.39, 0.29) is 11.9 Å². The van der Waals surface area contributed by atoms with Gasteiger partial charge in [0.2, 0.25) is 0 Å². The highest BCUT2D eigenvalue weighted by Crippen LogP contribution is 2.27. The Bertz CT molecular complexity index is 424. The standard InChI is InChI=1S/C13H21N3OS/c1-8(10-6-4-3-5-7-10)15-12(17)11-9(2)16-13(14)18-11/h8,10H,3-7H2,1-2H3,(H2,14,16)(H,15,17)/t8-/m0/s1. The minimum atomic E-state index is -0.0280. The first-order valence-corrected chi connectivity index (χ1v) is 7.43. The molecule has 3 N–H and O–H groups in total. The number of anilines is 1. The summed E-state index contributed by atoms with van der Waals surface area (Å²) in [5.41, 5.74) is 6.35. The molecule has 0 spiro atoms. The van der Waals surface area contributed by atoms with Crippen molar-refractivity contribution in [3.05, 3.63) is 10.6 Å². The van der Waals surface area contributed by atoms with E-state index in [9.17, 15) is 4.79 Å². The Labute approximate surface area is 112 Å². The fraction of sp³-hybridized carbons (Fsp3) is 0.692. The first-order chi connectivity index (χ1) is 8.58. The van der Waals surface area contributed by atoms with Gasteiger partial charge in [0, 0.05) is 6.04 Å². The molecule has 1 fully saturated rings. The second-order valence-corrected chi connectivity index (χ2v) is 6.16. The molecule has 0 radical (unpaired) electrons. The van der Waals surface area contributed by atoms with Crippen molar-refractivity contribution < 1.29 is 4.79 Å². The number of carbonyl (C=O) groups excluding carboxylic acids is 1. The Morgan fingerprint density at radius 3 is 2.67 bits per heavy atom. The Hall–Kier alpha value is -1.10. The summed E-state index contributed by atoms with van der Waals surface area (Å²) in [4.78, 5) is 16.9. The van der Waals surface area contributed by atoms with Crippen LogP contribution in [0.2, 0.25) is 0 Å². The molecular weight excluding hydrogens is 246 g/mol. The molecule has 18 heavy (non-hydrogen) atoms. The molecular formula is C13H21N3OS. The van der Waals surface area contributed by atoms with Crippen molar-refractivity contribution in [1.29, 1.82) is 0 Å². The van der Waals surface area contributed by atoms with Crippen LogP contribution >= 0.6 is 11.3 Å². The first kappa shape index (κ1) is 13.3. The molecule has 0 unspecified atom stereocenters. The maximum Gasteiger partial charge on any atom is 0.263 e. The average Bonchev–Trinajstić information content (AvgIpc) is 2.69. The quantitative estimate of drug-likeness (QED) is 0.884. The van der Waals surface area contributed by atoms with Gasteiger partial charge in [0.25, 0.3) is 5.91 Å². The van der Waals surface area contributed by atoms with Gasteiger partial charge in [-0.3, -0.25) is 4.79 Å². The molecule has 4 nitrogen and oxygen atoms in total. The number of aryl methyl sites for hydroxylation is 1. The number of nitrogens with zero attached hydrogens (tertiary/aromatic N) is 1. The van der Waals surface area contributed by atoms with E-state index in [0.29, 0.717) is 15.9 Å². The lowest BCUT2D eigenvalue weighted by atomic mass is 9.84. The predicted molar refractivity (Wildman–Crippen MR) is 74.8 cm³/mol. The molecule has 0 bridgehead atoms. The van der Waals surface area contributed by atoms with Crippen LogP contribution in [0, 0.1) is 12.8 Å². The third-order valence-corrected chi connectivity index (χ3v) is 4.72. The number of carbonyl (C=O) groups is 1. The molecule has 0 aliphatic heterocycles. The minimum absolute atomic E-state index is 0.0280. The molecule has 1 aliphatic rings. The number of aromatic nitrogens is 1. The van der Waals surface area contributed by atoms with Crippen molar-refractivity contribution in [2.24, 2.45) is 5.92 Å². The van der Waals surface area contributed by atoms with Crippen molar-refractivity contribution in [3.8, 4) is 0 Å². The molecule has 0 aromatic carbocycles. The third kappa shape index (κ3) is 3.02. The van der Waals surface area contributed by atoms with Crippen molar-refractivity contribution in [2.75, 3.05) is 5.73 Å². The molecule has 1 aromatic rings. The summed E-state index contributed by atoms with van der Waals surface area (Å²) >= 11 is 1.27. The molecule has 1 heterocycles. The molecule has 2 rings (SSSR count). The fourth-order valence-electron chi connectivity index (χ4n) is 2.65. The number of thiazole rings is 1. The zero-order valence-corrected chi connectivity index (χ0v) is 11.8. The van der Waals surface area contributed by atoms with E-state index in [4.69, 9.17) is 5.73 Å². The van der Waals surface area contributed by atoms with Gasteiger partial charge >= 0.3 is 0 Å². The Morgan fingerprint density at radius 1 is 1.44 bits per heavy atom. The van der Waals surface area contributed by atoms with Gasteiger partial charge in [0.15, 0.2) is 5.13 Å². The van der Waals surface area contributed by atoms with Gasteiger partial charge in [0.1, 0.15) is 4.88 Å². The molecule has 1 aliphatic carbocycles. The van der Waals surface area contributed by atoms with Crippen LogP contribution in [0.5, 0.6) is 0 Å². The third-order valence-electron chi connectivity index (χ3n) is 3.74. The smallest absolute Gasteiger partial charge is 0.263 e. The van der Waals surface area contributed by atoms with Gasteiger partial charge in [-0.25, -0.2) is 4.98 Å². The summed E-state index contributed by atoms with van der Waals surface area (Å²) < 4.78 is 0. The van der Waals surface area contributed by atoms with E-state index in [0.717, 1.165) is 5.69 Å². The molecule has 1 aromatic heterocycles. The average molecular weight is 267 g/mol. The first-order valence-electron chi connectivity index (χ1n) is 6.61. The summed E-state index contributed by atoms with van der Waals surface area (Å²) in [5, 5.41) is 3.56. The summed E-state index contributed by atoms with van der Waals surface area (Å²) in [6.45, 7) is 3.93. The van der Waals surface area contributed by atoms with E-state index < -0.39 is 0 Å². The van der Waals surface area contributed by atoms with Crippen LogP contribution in [0.1, 0.15) is 54.4 Å². The number of nitrogen functional groups attached to an aromatic ring is 1. The van der Waals surface area contributed by atoms with Crippen molar-refractivity contribution in [3.63, 3.8) is 0 Å². The van der Waals surface area contributed by atoms with Crippen molar-refractivity contribution >= 4 is 22.4 Å². The van der Waals surface area contributed by atoms with E-state index in [2.05, 4.69) is 17.2 Å². The molecule has 1 amide bonds. The molecule has 5 heteroatoms. The second-order valence-electron chi connectivity index (χ2n) is 5.13. The second kappa shape index (κ2) is 5.69. The lowest BCUT2D eigenvalue weighted by molar-refractivity contribution is 0.0922. The van der Waals surface area contributed by atoms with Gasteiger partial charge in [-0.15, -0.1) is 0 Å². The monoisotopic (exact) mass is 267 g/mol. The molecule has 0 saturated heterocycles. The predicted octanol–water partition coefficient (Wildman–Crippen LogP) is 2.73. The number of nitrogens with two attached hydrogens (primary N) is 1. The lowest BCUT2D eigenvalue weighted by Crippen LogP contribution is -2.38. The number of amides is 1. The van der Waals surface area contributed by atoms with Crippen LogP contribution in [0.4, 0.5) is 5.13 Å². The maximum atomic E-state index is 12.1. The zero-order valence-electron chi connectivity index (χ0n) is 11.0. The normalized spacial score (nSPS) is 18.6. The van der Waals surface area contributed by atoms with Gasteiger partial charge < -0.3 is 11.1 Å². The lowest BCUT2D eigenvalue weighted by Gasteiger charge is -2.28. The van der Waals surface area contributed by atoms with Crippen LogP contribution in [0.3, 0.4) is 0 Å². The van der Waals surface area contributed by atoms with Crippen molar-refractivity contribution in [1.82, 2.24) is 10.3 Å². The number of rotatable bonds is 3. The molecule has 1 atom stereocenters. The summed E-state index contributed by atoms with van der Waals surface area (Å²) in [6.07, 6.45) is 6.37. The topological polar surface area (TPSA) is 68.0 Å². The summed E-state index contributed by atoms with van der Waals surface area (Å²) in [6, 6.07) is 0.237. The highest BCUT2D eigenvalue weighted by molar-refractivity contribution is 7.17. The van der Waals surface area contributed by atoms with E-state index >= 15 is 0 Å². The van der Waals surface area contributed by atoms with E-state index in [1.54, 1.807) is 0 Å². The number of hydrogen-bond acceptors (Lipinski definition) is 4. The van der Waals surface area contributed by atoms with E-state index in [1.165, 1.54) is 43.4 Å². The van der Waals surface area contributed by atoms with Gasteiger partial charge in [-0.1, -0.05) is 30.6 Å². The van der Waals surface area contributed by atoms with Crippen molar-refractivity contribution in [2.45, 2.75) is 52.0 Å². The van der Waals surface area contributed by atoms with Crippen LogP contribution in [-0.2, 0) is 0 Å². The fourth-order valence-corrected chi connectivity index (χ4v) is 3.39. The molecule has 1 saturated carbocycles. The zero-order chi connectivity index (χ0) is 13.1. The SMILES string of the molecule is Cc1nc(N)sc1C(=O)N[C@@H](C)C1CCCCC1. The van der Waals surface area contributed by atoms with Crippen LogP contribution in [-0.4, -0.2) is 16.9 Å². The maximum absolute atomic E-state index is 12.1. The highest BCUT2D eigenvalue weighted by atomic mass is 32.1. The number of hydrogen-bond donors (Lipinski definition) is 2. The van der Waals surface area contributed by atoms with Crippen LogP contribution in [0.15, 0.2) is 0 Å². The van der Waals surface area contributed by atoms with E-state index in [1.807, 2.05) is 6.92 Å². The number of nitrogens with one attached hydrogen (secondary N) is 1. The van der Waals surface area contributed by atoms with Crippen LogP contribution < -0.4 is 11.1 Å². The minimum Gasteiger partial charge on any atom is -0.375 e. The van der Waals surface area contributed by atoms with Gasteiger partial charge in [0.05, 0.1) is 5.69 Å². The van der Waals surface area contributed by atoms with Gasteiger partial charge in [-0.05, 0) is 32.6 Å². The highest BCUT2D eigenvalue weighted by Gasteiger charge is 2.23. The van der Waals surface area contributed by atoms with Crippen LogP contribution in [0.25, 0.3) is 0 Å². The Balaban J connectivity index is 1.96. The Kier molecular flexibility index (Phi) is 4.22.